The number of rotatable bonds is 6. The van der Waals surface area contributed by atoms with Gasteiger partial charge in [-0.25, -0.2) is 9.97 Å². The molecule has 1 heterocycles. The van der Waals surface area contributed by atoms with Crippen LogP contribution in [0.3, 0.4) is 0 Å². The smallest absolute Gasteiger partial charge is 0.254 e. The quantitative estimate of drug-likeness (QED) is 0.855. The molecule has 2 aromatic rings. The van der Waals surface area contributed by atoms with Crippen LogP contribution in [0.25, 0.3) is 0 Å². The summed E-state index contributed by atoms with van der Waals surface area (Å²) in [5, 5.41) is 5.91. The zero-order chi connectivity index (χ0) is 15.9. The Morgan fingerprint density at radius 3 is 2.36 bits per heavy atom. The lowest BCUT2D eigenvalue weighted by Gasteiger charge is -2.09. The summed E-state index contributed by atoms with van der Waals surface area (Å²) in [5.41, 5.74) is 1.54. The summed E-state index contributed by atoms with van der Waals surface area (Å²) >= 11 is 0. The third-order valence-corrected chi connectivity index (χ3v) is 2.94. The second-order valence-corrected chi connectivity index (χ2v) is 5.13. The molecule has 0 spiro atoms. The van der Waals surface area contributed by atoms with Crippen LogP contribution in [0.2, 0.25) is 0 Å². The summed E-state index contributed by atoms with van der Waals surface area (Å²) in [5.74, 6) is 1.13. The van der Waals surface area contributed by atoms with Crippen LogP contribution in [0.1, 0.15) is 29.8 Å². The molecule has 2 rings (SSSR count). The Morgan fingerprint density at radius 2 is 1.82 bits per heavy atom. The first-order valence-electron chi connectivity index (χ1n) is 7.08. The van der Waals surface area contributed by atoms with Crippen molar-refractivity contribution in [2.24, 2.45) is 0 Å². The van der Waals surface area contributed by atoms with Crippen molar-refractivity contribution in [1.82, 2.24) is 15.3 Å². The van der Waals surface area contributed by atoms with Crippen LogP contribution in [0.4, 0.5) is 5.95 Å². The molecule has 0 fully saturated rings. The van der Waals surface area contributed by atoms with Crippen LogP contribution in [-0.4, -0.2) is 29.0 Å². The summed E-state index contributed by atoms with van der Waals surface area (Å²) in [6.07, 6.45) is 3.03. The van der Waals surface area contributed by atoms with E-state index in [4.69, 9.17) is 4.74 Å². The average molecular weight is 300 g/mol. The van der Waals surface area contributed by atoms with Crippen LogP contribution < -0.4 is 15.4 Å². The molecule has 0 unspecified atom stereocenters. The van der Waals surface area contributed by atoms with Crippen molar-refractivity contribution in [2.75, 3.05) is 12.4 Å². The van der Waals surface area contributed by atoms with Gasteiger partial charge in [-0.2, -0.15) is 0 Å². The van der Waals surface area contributed by atoms with E-state index >= 15 is 0 Å². The number of benzene rings is 1. The van der Waals surface area contributed by atoms with Gasteiger partial charge in [-0.3, -0.25) is 4.79 Å². The zero-order valence-electron chi connectivity index (χ0n) is 13.0. The molecular formula is C16H20N4O2. The van der Waals surface area contributed by atoms with Crippen molar-refractivity contribution in [2.45, 2.75) is 26.4 Å². The molecule has 2 N–H and O–H groups in total. The van der Waals surface area contributed by atoms with Crippen LogP contribution in [0.15, 0.2) is 36.7 Å². The topological polar surface area (TPSA) is 76.1 Å². The predicted octanol–water partition coefficient (Wildman–Crippen LogP) is 2.24. The monoisotopic (exact) mass is 300 g/mol. The fourth-order valence-corrected chi connectivity index (χ4v) is 1.81. The van der Waals surface area contributed by atoms with E-state index in [2.05, 4.69) is 20.6 Å². The molecule has 0 bridgehead atoms. The molecule has 0 aliphatic heterocycles. The summed E-state index contributed by atoms with van der Waals surface area (Å²) in [6.45, 7) is 4.41. The van der Waals surface area contributed by atoms with E-state index in [0.29, 0.717) is 18.1 Å². The Morgan fingerprint density at radius 1 is 1.18 bits per heavy atom. The van der Waals surface area contributed by atoms with Gasteiger partial charge in [-0.1, -0.05) is 12.1 Å². The molecule has 0 saturated heterocycles. The lowest BCUT2D eigenvalue weighted by molar-refractivity contribution is 0.0942. The van der Waals surface area contributed by atoms with Crippen molar-refractivity contribution < 1.29 is 9.53 Å². The van der Waals surface area contributed by atoms with E-state index in [0.717, 1.165) is 11.3 Å². The third-order valence-electron chi connectivity index (χ3n) is 2.94. The van der Waals surface area contributed by atoms with Crippen LogP contribution >= 0.6 is 0 Å². The van der Waals surface area contributed by atoms with Crippen LogP contribution in [0, 0.1) is 0 Å². The molecule has 1 amide bonds. The number of ether oxygens (including phenoxy) is 1. The predicted molar refractivity (Wildman–Crippen MR) is 85.0 cm³/mol. The van der Waals surface area contributed by atoms with Gasteiger partial charge in [0.15, 0.2) is 0 Å². The minimum absolute atomic E-state index is 0.0837. The van der Waals surface area contributed by atoms with Crippen LogP contribution in [0.5, 0.6) is 5.75 Å². The highest BCUT2D eigenvalue weighted by Gasteiger charge is 2.08. The summed E-state index contributed by atoms with van der Waals surface area (Å²) in [6, 6.07) is 7.82. The number of carbonyl (C=O) groups excluding carboxylic acids is 1. The Balaban J connectivity index is 1.92. The summed E-state index contributed by atoms with van der Waals surface area (Å²) in [4.78, 5) is 20.1. The molecule has 1 aromatic heterocycles. The molecule has 1 aromatic carbocycles. The van der Waals surface area contributed by atoms with Gasteiger partial charge in [0, 0.05) is 25.0 Å². The highest BCUT2D eigenvalue weighted by molar-refractivity contribution is 5.93. The molecule has 0 saturated carbocycles. The van der Waals surface area contributed by atoms with E-state index in [1.54, 1.807) is 7.11 Å². The first-order chi connectivity index (χ1) is 10.6. The number of anilines is 1. The number of nitrogens with zero attached hydrogens (tertiary/aromatic N) is 2. The minimum Gasteiger partial charge on any atom is -0.497 e. The van der Waals surface area contributed by atoms with Crippen LogP contribution in [-0.2, 0) is 6.54 Å². The van der Waals surface area contributed by atoms with E-state index in [1.807, 2.05) is 38.1 Å². The standard InChI is InChI=1S/C16H20N4O2/c1-11(2)20-15(21)13-9-18-16(19-10-13)17-8-12-4-6-14(22-3)7-5-12/h4-7,9-11H,8H2,1-3H3,(H,20,21)(H,17,18,19). The van der Waals surface area contributed by atoms with E-state index in [9.17, 15) is 4.79 Å². The first kappa shape index (κ1) is 15.8. The van der Waals surface area contributed by atoms with Crippen molar-refractivity contribution in [3.8, 4) is 5.75 Å². The number of hydrogen-bond donors (Lipinski definition) is 2. The maximum absolute atomic E-state index is 11.8. The number of methoxy groups -OCH3 is 1. The molecule has 116 valence electrons. The van der Waals surface area contributed by atoms with Gasteiger partial charge in [0.2, 0.25) is 5.95 Å². The molecule has 0 aliphatic rings. The van der Waals surface area contributed by atoms with Crippen molar-refractivity contribution in [3.63, 3.8) is 0 Å². The lowest BCUT2D eigenvalue weighted by Crippen LogP contribution is -2.30. The van der Waals surface area contributed by atoms with Crippen molar-refractivity contribution in [1.29, 1.82) is 0 Å². The maximum Gasteiger partial charge on any atom is 0.254 e. The third kappa shape index (κ3) is 4.44. The highest BCUT2D eigenvalue weighted by atomic mass is 16.5. The Labute approximate surface area is 129 Å². The minimum atomic E-state index is -0.170. The van der Waals surface area contributed by atoms with Gasteiger partial charge in [0.25, 0.3) is 5.91 Å². The number of nitrogens with one attached hydrogen (secondary N) is 2. The van der Waals surface area contributed by atoms with Gasteiger partial charge >= 0.3 is 0 Å². The largest absolute Gasteiger partial charge is 0.497 e. The first-order valence-corrected chi connectivity index (χ1v) is 7.08. The molecule has 0 atom stereocenters. The normalized spacial score (nSPS) is 10.4. The molecule has 0 radical (unpaired) electrons. The average Bonchev–Trinajstić information content (AvgIpc) is 2.53. The van der Waals surface area contributed by atoms with Gasteiger partial charge < -0.3 is 15.4 Å². The maximum atomic E-state index is 11.8. The summed E-state index contributed by atoms with van der Waals surface area (Å²) in [7, 11) is 1.64. The Hall–Kier alpha value is -2.63. The molecular weight excluding hydrogens is 280 g/mol. The molecule has 22 heavy (non-hydrogen) atoms. The van der Waals surface area contributed by atoms with Crippen molar-refractivity contribution in [3.05, 3.63) is 47.8 Å². The molecule has 6 nitrogen and oxygen atoms in total. The summed E-state index contributed by atoms with van der Waals surface area (Å²) < 4.78 is 5.11. The second kappa shape index (κ2) is 7.40. The Bertz CT molecular complexity index is 609. The van der Waals surface area contributed by atoms with Gasteiger partial charge in [0.05, 0.1) is 12.7 Å². The number of carbonyl (C=O) groups is 1. The van der Waals surface area contributed by atoms with E-state index in [1.165, 1.54) is 12.4 Å². The number of amides is 1. The fourth-order valence-electron chi connectivity index (χ4n) is 1.81. The number of aromatic nitrogens is 2. The van der Waals surface area contributed by atoms with E-state index < -0.39 is 0 Å². The highest BCUT2D eigenvalue weighted by Crippen LogP contribution is 2.12. The lowest BCUT2D eigenvalue weighted by atomic mass is 10.2. The van der Waals surface area contributed by atoms with E-state index in [-0.39, 0.29) is 11.9 Å². The van der Waals surface area contributed by atoms with Gasteiger partial charge in [-0.15, -0.1) is 0 Å². The van der Waals surface area contributed by atoms with Gasteiger partial charge in [0.1, 0.15) is 5.75 Å². The second-order valence-electron chi connectivity index (χ2n) is 5.13. The molecule has 0 aliphatic carbocycles. The van der Waals surface area contributed by atoms with Gasteiger partial charge in [-0.05, 0) is 31.5 Å². The molecule has 6 heteroatoms. The fraction of sp³-hybridized carbons (Fsp3) is 0.312. The number of hydrogen-bond acceptors (Lipinski definition) is 5. The zero-order valence-corrected chi connectivity index (χ0v) is 13.0. The Kier molecular flexibility index (Phi) is 5.30. The van der Waals surface area contributed by atoms with Crippen molar-refractivity contribution >= 4 is 11.9 Å². The SMILES string of the molecule is COc1ccc(CNc2ncc(C(=O)NC(C)C)cn2)cc1.